The van der Waals surface area contributed by atoms with Crippen LogP contribution >= 0.6 is 23.1 Å². The van der Waals surface area contributed by atoms with Crippen LogP contribution in [0.2, 0.25) is 0 Å². The Morgan fingerprint density at radius 2 is 1.95 bits per heavy atom. The van der Waals surface area contributed by atoms with Crippen molar-refractivity contribution in [3.8, 4) is 0 Å². The third kappa shape index (κ3) is 6.48. The van der Waals surface area contributed by atoms with Crippen LogP contribution in [0.3, 0.4) is 0 Å². The molecule has 0 radical (unpaired) electrons. The van der Waals surface area contributed by atoms with E-state index in [4.69, 9.17) is 0 Å². The number of hydrogen-bond donors (Lipinski definition) is 1. The van der Waals surface area contributed by atoms with Crippen LogP contribution in [0.1, 0.15) is 10.4 Å². The molecule has 0 amide bonds. The quantitative estimate of drug-likeness (QED) is 0.748. The standard InChI is InChI=1S/C15H17NO2S3/c17-21(18,12-8-14-5-2-1-3-6-14)16-9-11-19-13-15-7-4-10-20-15/h1-8,10,12,16H,9,11,13H2/b12-8+. The highest BCUT2D eigenvalue weighted by atomic mass is 32.2. The molecule has 2 rings (SSSR count). The number of hydrogen-bond acceptors (Lipinski definition) is 4. The maximum atomic E-state index is 11.8. The molecule has 1 heterocycles. The van der Waals surface area contributed by atoms with E-state index in [9.17, 15) is 8.42 Å². The molecule has 2 aromatic rings. The summed E-state index contributed by atoms with van der Waals surface area (Å²) in [5.41, 5.74) is 0.870. The summed E-state index contributed by atoms with van der Waals surface area (Å²) < 4.78 is 26.2. The summed E-state index contributed by atoms with van der Waals surface area (Å²) in [6.07, 6.45) is 1.60. The van der Waals surface area contributed by atoms with E-state index < -0.39 is 10.0 Å². The third-order valence-corrected chi connectivity index (χ3v) is 5.78. The summed E-state index contributed by atoms with van der Waals surface area (Å²) in [6.45, 7) is 0.442. The van der Waals surface area contributed by atoms with Crippen LogP contribution in [0.4, 0.5) is 0 Å². The minimum absolute atomic E-state index is 0.442. The number of nitrogens with one attached hydrogen (secondary N) is 1. The van der Waals surface area contributed by atoms with Gasteiger partial charge in [0.15, 0.2) is 0 Å². The first kappa shape index (κ1) is 16.3. The van der Waals surface area contributed by atoms with Gasteiger partial charge in [0.25, 0.3) is 0 Å². The van der Waals surface area contributed by atoms with E-state index in [-0.39, 0.29) is 0 Å². The van der Waals surface area contributed by atoms with Crippen molar-refractivity contribution in [2.45, 2.75) is 5.75 Å². The molecule has 1 aromatic heterocycles. The monoisotopic (exact) mass is 339 g/mol. The molecule has 0 aliphatic rings. The fourth-order valence-corrected chi connectivity index (χ4v) is 4.25. The molecule has 21 heavy (non-hydrogen) atoms. The fraction of sp³-hybridized carbons (Fsp3) is 0.200. The zero-order valence-corrected chi connectivity index (χ0v) is 13.9. The van der Waals surface area contributed by atoms with Gasteiger partial charge in [-0.3, -0.25) is 0 Å². The van der Waals surface area contributed by atoms with Gasteiger partial charge in [-0.15, -0.1) is 11.3 Å². The number of benzene rings is 1. The average Bonchev–Trinajstić information content (AvgIpc) is 2.99. The molecular weight excluding hydrogens is 322 g/mol. The average molecular weight is 340 g/mol. The second-order valence-corrected chi connectivity index (χ2v) is 8.07. The van der Waals surface area contributed by atoms with E-state index in [1.54, 1.807) is 29.2 Å². The van der Waals surface area contributed by atoms with Crippen molar-refractivity contribution in [3.63, 3.8) is 0 Å². The third-order valence-electron chi connectivity index (χ3n) is 2.61. The topological polar surface area (TPSA) is 46.2 Å². The van der Waals surface area contributed by atoms with Gasteiger partial charge in [0, 0.05) is 28.3 Å². The maximum Gasteiger partial charge on any atom is 0.233 e. The second-order valence-electron chi connectivity index (χ2n) is 4.28. The Morgan fingerprint density at radius 1 is 1.14 bits per heavy atom. The van der Waals surface area contributed by atoms with Gasteiger partial charge in [0.1, 0.15) is 0 Å². The lowest BCUT2D eigenvalue weighted by Crippen LogP contribution is -2.23. The Morgan fingerprint density at radius 3 is 2.67 bits per heavy atom. The van der Waals surface area contributed by atoms with Crippen molar-refractivity contribution in [2.75, 3.05) is 12.3 Å². The van der Waals surface area contributed by atoms with Crippen molar-refractivity contribution in [1.29, 1.82) is 0 Å². The lowest BCUT2D eigenvalue weighted by atomic mass is 10.2. The minimum Gasteiger partial charge on any atom is -0.211 e. The van der Waals surface area contributed by atoms with Gasteiger partial charge >= 0.3 is 0 Å². The molecule has 0 unspecified atom stereocenters. The Balaban J connectivity index is 1.70. The van der Waals surface area contributed by atoms with Crippen LogP contribution in [0.15, 0.2) is 53.3 Å². The van der Waals surface area contributed by atoms with Crippen molar-refractivity contribution in [1.82, 2.24) is 4.72 Å². The second kappa shape index (κ2) is 8.38. The highest BCUT2D eigenvalue weighted by Gasteiger charge is 2.04. The van der Waals surface area contributed by atoms with E-state index >= 15 is 0 Å². The molecular formula is C15H17NO2S3. The maximum absolute atomic E-state index is 11.8. The Kier molecular flexibility index (Phi) is 6.50. The Bertz CT molecular complexity index is 649. The van der Waals surface area contributed by atoms with Crippen LogP contribution < -0.4 is 4.72 Å². The number of rotatable bonds is 8. The first-order chi connectivity index (χ1) is 10.2. The smallest absolute Gasteiger partial charge is 0.211 e. The molecule has 6 heteroatoms. The Hall–Kier alpha value is -1.08. The fourth-order valence-electron chi connectivity index (χ4n) is 1.60. The zero-order chi connectivity index (χ0) is 15.0. The number of thioether (sulfide) groups is 1. The number of sulfonamides is 1. The molecule has 1 N–H and O–H groups in total. The molecule has 0 saturated heterocycles. The van der Waals surface area contributed by atoms with Gasteiger partial charge in [-0.25, -0.2) is 13.1 Å². The first-order valence-electron chi connectivity index (χ1n) is 6.49. The summed E-state index contributed by atoms with van der Waals surface area (Å²) in [5.74, 6) is 1.69. The zero-order valence-electron chi connectivity index (χ0n) is 11.4. The minimum atomic E-state index is -3.36. The summed E-state index contributed by atoms with van der Waals surface area (Å²) in [7, 11) is -3.36. The van der Waals surface area contributed by atoms with Gasteiger partial charge in [0.2, 0.25) is 10.0 Å². The van der Waals surface area contributed by atoms with Crippen LogP contribution in [-0.4, -0.2) is 20.7 Å². The van der Waals surface area contributed by atoms with E-state index in [0.717, 1.165) is 17.1 Å². The molecule has 1 aromatic carbocycles. The van der Waals surface area contributed by atoms with Crippen molar-refractivity contribution in [3.05, 3.63) is 63.7 Å². The first-order valence-corrected chi connectivity index (χ1v) is 10.1. The lowest BCUT2D eigenvalue weighted by Gasteiger charge is -2.02. The van der Waals surface area contributed by atoms with E-state index in [1.807, 2.05) is 41.8 Å². The van der Waals surface area contributed by atoms with E-state index in [2.05, 4.69) is 10.8 Å². The van der Waals surface area contributed by atoms with Crippen molar-refractivity contribution >= 4 is 39.2 Å². The van der Waals surface area contributed by atoms with Gasteiger partial charge < -0.3 is 0 Å². The molecule has 0 aliphatic heterocycles. The summed E-state index contributed by atoms with van der Waals surface area (Å²) in [4.78, 5) is 1.31. The molecule has 0 atom stereocenters. The summed E-state index contributed by atoms with van der Waals surface area (Å²) >= 11 is 3.45. The SMILES string of the molecule is O=S(=O)(/C=C/c1ccccc1)NCCSCc1cccs1. The lowest BCUT2D eigenvalue weighted by molar-refractivity contribution is 0.593. The van der Waals surface area contributed by atoms with Gasteiger partial charge in [-0.1, -0.05) is 36.4 Å². The molecule has 0 saturated carbocycles. The van der Waals surface area contributed by atoms with Crippen molar-refractivity contribution < 1.29 is 8.42 Å². The Labute approximate surface area is 134 Å². The van der Waals surface area contributed by atoms with E-state index in [1.165, 1.54) is 10.3 Å². The predicted octanol–water partition coefficient (Wildman–Crippen LogP) is 3.57. The molecule has 3 nitrogen and oxygen atoms in total. The largest absolute Gasteiger partial charge is 0.233 e. The van der Waals surface area contributed by atoms with Crippen LogP contribution in [0, 0.1) is 0 Å². The normalized spacial score (nSPS) is 12.0. The summed E-state index contributed by atoms with van der Waals surface area (Å²) in [6, 6.07) is 13.5. The highest BCUT2D eigenvalue weighted by Crippen LogP contribution is 2.16. The molecule has 112 valence electrons. The molecule has 0 bridgehead atoms. The van der Waals surface area contributed by atoms with Gasteiger partial charge in [-0.2, -0.15) is 11.8 Å². The van der Waals surface area contributed by atoms with Crippen molar-refractivity contribution in [2.24, 2.45) is 0 Å². The molecule has 0 aliphatic carbocycles. The molecule has 0 spiro atoms. The summed E-state index contributed by atoms with van der Waals surface area (Å²) in [5, 5.41) is 3.26. The van der Waals surface area contributed by atoms with Crippen LogP contribution in [0.25, 0.3) is 6.08 Å². The predicted molar refractivity (Wildman–Crippen MR) is 92.9 cm³/mol. The van der Waals surface area contributed by atoms with Crippen LogP contribution in [-0.2, 0) is 15.8 Å². The highest BCUT2D eigenvalue weighted by molar-refractivity contribution is 7.98. The number of thiophene rings is 1. The van der Waals surface area contributed by atoms with E-state index in [0.29, 0.717) is 6.54 Å². The van der Waals surface area contributed by atoms with Crippen LogP contribution in [0.5, 0.6) is 0 Å². The molecule has 0 fully saturated rings. The van der Waals surface area contributed by atoms with Gasteiger partial charge in [-0.05, 0) is 23.1 Å². The van der Waals surface area contributed by atoms with Gasteiger partial charge in [0.05, 0.1) is 0 Å².